The molecule has 0 aromatic carbocycles. The molecule has 2 heterocycles. The highest BCUT2D eigenvalue weighted by Crippen LogP contribution is 2.22. The molecule has 0 atom stereocenters. The van der Waals surface area contributed by atoms with E-state index in [0.717, 1.165) is 64.6 Å². The van der Waals surface area contributed by atoms with Crippen molar-refractivity contribution < 1.29 is 4.79 Å². The van der Waals surface area contributed by atoms with Crippen LogP contribution in [0.4, 0.5) is 5.95 Å². The summed E-state index contributed by atoms with van der Waals surface area (Å²) in [6.07, 6.45) is 5.32. The van der Waals surface area contributed by atoms with Crippen molar-refractivity contribution in [1.82, 2.24) is 19.8 Å². The van der Waals surface area contributed by atoms with Crippen LogP contribution in [0.5, 0.6) is 0 Å². The van der Waals surface area contributed by atoms with E-state index in [2.05, 4.69) is 52.4 Å². The summed E-state index contributed by atoms with van der Waals surface area (Å²) in [5.41, 5.74) is 0. The molecule has 0 aliphatic carbocycles. The van der Waals surface area contributed by atoms with Crippen LogP contribution in [0.2, 0.25) is 0 Å². The van der Waals surface area contributed by atoms with Crippen molar-refractivity contribution in [2.75, 3.05) is 50.7 Å². The molecule has 0 spiro atoms. The molecule has 0 bridgehead atoms. The zero-order valence-corrected chi connectivity index (χ0v) is 16.9. The Morgan fingerprint density at radius 2 is 1.77 bits per heavy atom. The fraction of sp³-hybridized carbons (Fsp3) is 0.750. The molecule has 6 nitrogen and oxygen atoms in total. The standard InChI is InChI=1S/C20H35N5O/c1-5-23(6-2)14-15-25(16-17(3)4)19(26)18-8-12-24(13-9-18)20-21-10-7-11-22-20/h7,10-11,17-18H,5-6,8-9,12-16H2,1-4H3. The van der Waals surface area contributed by atoms with Crippen LogP contribution in [0.1, 0.15) is 40.5 Å². The van der Waals surface area contributed by atoms with Gasteiger partial charge in [0.05, 0.1) is 0 Å². The number of carbonyl (C=O) groups excluding carboxylic acids is 1. The lowest BCUT2D eigenvalue weighted by Gasteiger charge is -2.35. The molecule has 0 saturated carbocycles. The summed E-state index contributed by atoms with van der Waals surface area (Å²) in [4.78, 5) is 28.5. The van der Waals surface area contributed by atoms with Crippen molar-refractivity contribution in [2.24, 2.45) is 11.8 Å². The van der Waals surface area contributed by atoms with Gasteiger partial charge in [-0.05, 0) is 37.9 Å². The maximum Gasteiger partial charge on any atom is 0.225 e. The molecule has 1 fully saturated rings. The Labute approximate surface area is 158 Å². The zero-order chi connectivity index (χ0) is 18.9. The third-order valence-corrected chi connectivity index (χ3v) is 5.16. The summed E-state index contributed by atoms with van der Waals surface area (Å²) < 4.78 is 0. The van der Waals surface area contributed by atoms with Crippen LogP contribution in [0.3, 0.4) is 0 Å². The number of anilines is 1. The number of rotatable bonds is 9. The fourth-order valence-electron chi connectivity index (χ4n) is 3.57. The van der Waals surface area contributed by atoms with Gasteiger partial charge in [0.1, 0.15) is 0 Å². The van der Waals surface area contributed by atoms with Crippen LogP contribution in [-0.4, -0.2) is 71.5 Å². The summed E-state index contributed by atoms with van der Waals surface area (Å²) in [5, 5.41) is 0. The number of carbonyl (C=O) groups is 1. The number of aromatic nitrogens is 2. The quantitative estimate of drug-likeness (QED) is 0.676. The van der Waals surface area contributed by atoms with Gasteiger partial charge in [-0.2, -0.15) is 0 Å². The number of hydrogen-bond donors (Lipinski definition) is 0. The molecular weight excluding hydrogens is 326 g/mol. The fourth-order valence-corrected chi connectivity index (χ4v) is 3.57. The van der Waals surface area contributed by atoms with Crippen molar-refractivity contribution >= 4 is 11.9 Å². The van der Waals surface area contributed by atoms with Gasteiger partial charge >= 0.3 is 0 Å². The summed E-state index contributed by atoms with van der Waals surface area (Å²) in [6, 6.07) is 1.83. The number of amides is 1. The molecule has 1 aromatic rings. The van der Waals surface area contributed by atoms with Gasteiger partial charge in [-0.1, -0.05) is 27.7 Å². The molecular formula is C20H35N5O. The predicted octanol–water partition coefficient (Wildman–Crippen LogP) is 2.52. The van der Waals surface area contributed by atoms with Crippen molar-refractivity contribution in [3.8, 4) is 0 Å². The first-order valence-electron chi connectivity index (χ1n) is 10.1. The van der Waals surface area contributed by atoms with Crippen molar-refractivity contribution in [3.63, 3.8) is 0 Å². The van der Waals surface area contributed by atoms with E-state index in [9.17, 15) is 4.79 Å². The summed E-state index contributed by atoms with van der Waals surface area (Å²) >= 11 is 0. The molecule has 1 amide bonds. The SMILES string of the molecule is CCN(CC)CCN(CC(C)C)C(=O)C1CCN(c2ncccn2)CC1. The van der Waals surface area contributed by atoms with Gasteiger partial charge in [0, 0.05) is 51.0 Å². The van der Waals surface area contributed by atoms with Crippen LogP contribution in [0, 0.1) is 11.8 Å². The molecule has 0 unspecified atom stereocenters. The second-order valence-electron chi connectivity index (χ2n) is 7.52. The van der Waals surface area contributed by atoms with E-state index in [0.29, 0.717) is 11.8 Å². The maximum absolute atomic E-state index is 13.1. The van der Waals surface area contributed by atoms with Crippen molar-refractivity contribution in [2.45, 2.75) is 40.5 Å². The van der Waals surface area contributed by atoms with E-state index >= 15 is 0 Å². The van der Waals surface area contributed by atoms with E-state index in [1.807, 2.05) is 6.07 Å². The van der Waals surface area contributed by atoms with E-state index in [4.69, 9.17) is 0 Å². The molecule has 1 saturated heterocycles. The molecule has 1 aromatic heterocycles. The Morgan fingerprint density at radius 3 is 2.31 bits per heavy atom. The van der Waals surface area contributed by atoms with Crippen LogP contribution in [-0.2, 0) is 4.79 Å². The van der Waals surface area contributed by atoms with E-state index in [1.165, 1.54) is 0 Å². The Morgan fingerprint density at radius 1 is 1.15 bits per heavy atom. The molecule has 26 heavy (non-hydrogen) atoms. The van der Waals surface area contributed by atoms with E-state index in [-0.39, 0.29) is 5.92 Å². The maximum atomic E-state index is 13.1. The van der Waals surface area contributed by atoms with Crippen LogP contribution in [0.25, 0.3) is 0 Å². The van der Waals surface area contributed by atoms with E-state index < -0.39 is 0 Å². The minimum absolute atomic E-state index is 0.130. The second kappa shape index (κ2) is 10.5. The highest BCUT2D eigenvalue weighted by atomic mass is 16.2. The van der Waals surface area contributed by atoms with Gasteiger partial charge in [0.2, 0.25) is 11.9 Å². The molecule has 146 valence electrons. The minimum Gasteiger partial charge on any atom is -0.341 e. The van der Waals surface area contributed by atoms with Crippen LogP contribution < -0.4 is 4.90 Å². The lowest BCUT2D eigenvalue weighted by molar-refractivity contribution is -0.137. The lowest BCUT2D eigenvalue weighted by atomic mass is 9.95. The third-order valence-electron chi connectivity index (χ3n) is 5.16. The smallest absolute Gasteiger partial charge is 0.225 e. The Hall–Kier alpha value is -1.69. The topological polar surface area (TPSA) is 52.6 Å². The largest absolute Gasteiger partial charge is 0.341 e. The van der Waals surface area contributed by atoms with Crippen LogP contribution >= 0.6 is 0 Å². The van der Waals surface area contributed by atoms with Gasteiger partial charge in [-0.3, -0.25) is 4.79 Å². The van der Waals surface area contributed by atoms with Crippen molar-refractivity contribution in [1.29, 1.82) is 0 Å². The molecule has 2 rings (SSSR count). The average Bonchev–Trinajstić information content (AvgIpc) is 2.68. The van der Waals surface area contributed by atoms with Gasteiger partial charge in [0.25, 0.3) is 0 Å². The Balaban J connectivity index is 1.91. The number of nitrogens with zero attached hydrogens (tertiary/aromatic N) is 5. The average molecular weight is 362 g/mol. The highest BCUT2D eigenvalue weighted by Gasteiger charge is 2.29. The van der Waals surface area contributed by atoms with Gasteiger partial charge < -0.3 is 14.7 Å². The van der Waals surface area contributed by atoms with Crippen molar-refractivity contribution in [3.05, 3.63) is 18.5 Å². The molecule has 1 aliphatic rings. The first-order chi connectivity index (χ1) is 12.5. The Kier molecular flexibility index (Phi) is 8.29. The molecule has 1 aliphatic heterocycles. The number of piperidine rings is 1. The number of hydrogen-bond acceptors (Lipinski definition) is 5. The van der Waals surface area contributed by atoms with Gasteiger partial charge in [-0.15, -0.1) is 0 Å². The molecule has 6 heteroatoms. The van der Waals surface area contributed by atoms with Gasteiger partial charge in [-0.25, -0.2) is 9.97 Å². The molecule has 0 radical (unpaired) electrons. The first kappa shape index (κ1) is 20.6. The zero-order valence-electron chi connectivity index (χ0n) is 16.9. The van der Waals surface area contributed by atoms with Gasteiger partial charge in [0.15, 0.2) is 0 Å². The number of likely N-dealkylation sites (N-methyl/N-ethyl adjacent to an activating group) is 1. The van der Waals surface area contributed by atoms with Crippen LogP contribution in [0.15, 0.2) is 18.5 Å². The summed E-state index contributed by atoms with van der Waals surface area (Å²) in [6.45, 7) is 15.2. The normalized spacial score (nSPS) is 15.7. The Bertz CT molecular complexity index is 524. The first-order valence-corrected chi connectivity index (χ1v) is 10.1. The summed E-state index contributed by atoms with van der Waals surface area (Å²) in [7, 11) is 0. The molecule has 0 N–H and O–H groups in total. The summed E-state index contributed by atoms with van der Waals surface area (Å²) in [5.74, 6) is 1.73. The second-order valence-corrected chi connectivity index (χ2v) is 7.52. The lowest BCUT2D eigenvalue weighted by Crippen LogP contribution is -2.46. The minimum atomic E-state index is 0.130. The monoisotopic (exact) mass is 361 g/mol. The third kappa shape index (κ3) is 5.94. The van der Waals surface area contributed by atoms with E-state index in [1.54, 1.807) is 12.4 Å². The highest BCUT2D eigenvalue weighted by molar-refractivity contribution is 5.79. The predicted molar refractivity (Wildman–Crippen MR) is 106 cm³/mol.